The second-order valence-electron chi connectivity index (χ2n) is 5.10. The summed E-state index contributed by atoms with van der Waals surface area (Å²) >= 11 is 5.95. The van der Waals surface area contributed by atoms with Crippen LogP contribution < -0.4 is 0 Å². The molecule has 0 radical (unpaired) electrons. The van der Waals surface area contributed by atoms with Gasteiger partial charge in [-0.1, -0.05) is 30.3 Å². The van der Waals surface area contributed by atoms with E-state index in [9.17, 15) is 4.79 Å². The minimum atomic E-state index is -0.0589. The van der Waals surface area contributed by atoms with Crippen molar-refractivity contribution in [2.45, 2.75) is 18.9 Å². The van der Waals surface area contributed by atoms with Crippen LogP contribution in [0.1, 0.15) is 24.4 Å². The van der Waals surface area contributed by atoms with Crippen molar-refractivity contribution in [1.29, 1.82) is 0 Å². The Labute approximate surface area is 125 Å². The lowest BCUT2D eigenvalue weighted by atomic mass is 9.86. The van der Waals surface area contributed by atoms with E-state index < -0.39 is 0 Å². The van der Waals surface area contributed by atoms with Gasteiger partial charge < -0.3 is 9.64 Å². The molecule has 1 atom stereocenters. The molecule has 1 aromatic rings. The first-order valence-corrected chi connectivity index (χ1v) is 7.23. The van der Waals surface area contributed by atoms with Crippen LogP contribution in [0.25, 0.3) is 0 Å². The van der Waals surface area contributed by atoms with E-state index in [0.717, 1.165) is 31.6 Å². The zero-order valence-corrected chi connectivity index (χ0v) is 12.5. The number of carbonyl (C=O) groups is 1. The van der Waals surface area contributed by atoms with Crippen LogP contribution in [-0.4, -0.2) is 31.1 Å². The molecule has 0 saturated carbocycles. The van der Waals surface area contributed by atoms with Crippen molar-refractivity contribution in [2.75, 3.05) is 20.3 Å². The van der Waals surface area contributed by atoms with Crippen molar-refractivity contribution in [3.8, 4) is 0 Å². The van der Waals surface area contributed by atoms with Crippen LogP contribution >= 0.6 is 11.6 Å². The number of likely N-dealkylation sites (N-methyl/N-ethyl adjacent to an activating group) is 1. The first-order chi connectivity index (χ1) is 9.63. The molecule has 2 rings (SSSR count). The summed E-state index contributed by atoms with van der Waals surface area (Å²) in [7, 11) is 1.83. The topological polar surface area (TPSA) is 29.5 Å². The number of benzene rings is 1. The SMILES string of the molecule is C=CC(=O)N(C)C(c1ccc(Cl)cc1)C1CCOCC1. The maximum Gasteiger partial charge on any atom is 0.246 e. The first-order valence-electron chi connectivity index (χ1n) is 6.86. The van der Waals surface area contributed by atoms with E-state index in [1.54, 1.807) is 4.90 Å². The highest BCUT2D eigenvalue weighted by Gasteiger charge is 2.30. The second kappa shape index (κ2) is 6.91. The summed E-state index contributed by atoms with van der Waals surface area (Å²) in [5.74, 6) is 0.343. The summed E-state index contributed by atoms with van der Waals surface area (Å²) in [6.07, 6.45) is 3.28. The van der Waals surface area contributed by atoms with Crippen LogP contribution in [0.2, 0.25) is 5.02 Å². The van der Waals surface area contributed by atoms with Gasteiger partial charge >= 0.3 is 0 Å². The molecule has 1 aliphatic rings. The molecule has 0 spiro atoms. The van der Waals surface area contributed by atoms with Crippen LogP contribution in [0, 0.1) is 5.92 Å². The van der Waals surface area contributed by atoms with E-state index in [1.165, 1.54) is 6.08 Å². The van der Waals surface area contributed by atoms with Crippen LogP contribution in [0.3, 0.4) is 0 Å². The number of rotatable bonds is 4. The van der Waals surface area contributed by atoms with Gasteiger partial charge in [-0.25, -0.2) is 0 Å². The van der Waals surface area contributed by atoms with Crippen molar-refractivity contribution in [3.63, 3.8) is 0 Å². The Morgan fingerprint density at radius 3 is 2.55 bits per heavy atom. The van der Waals surface area contributed by atoms with Gasteiger partial charge in [-0.2, -0.15) is 0 Å². The molecular weight excluding hydrogens is 274 g/mol. The van der Waals surface area contributed by atoms with Gasteiger partial charge in [0.15, 0.2) is 0 Å². The second-order valence-corrected chi connectivity index (χ2v) is 5.54. The molecule has 0 N–H and O–H groups in total. The molecule has 0 bridgehead atoms. The summed E-state index contributed by atoms with van der Waals surface area (Å²) in [4.78, 5) is 13.8. The molecule has 108 valence electrons. The van der Waals surface area contributed by atoms with Gasteiger partial charge in [0.1, 0.15) is 0 Å². The van der Waals surface area contributed by atoms with Crippen molar-refractivity contribution in [1.82, 2.24) is 4.90 Å². The van der Waals surface area contributed by atoms with Crippen molar-refractivity contribution >= 4 is 17.5 Å². The highest BCUT2D eigenvalue weighted by Crippen LogP contribution is 2.35. The quantitative estimate of drug-likeness (QED) is 0.796. The Morgan fingerprint density at radius 1 is 1.40 bits per heavy atom. The Kier molecular flexibility index (Phi) is 5.21. The summed E-state index contributed by atoms with van der Waals surface area (Å²) < 4.78 is 5.43. The van der Waals surface area contributed by atoms with Gasteiger partial charge in [-0.05, 0) is 42.5 Å². The van der Waals surface area contributed by atoms with Crippen molar-refractivity contribution in [3.05, 3.63) is 47.5 Å². The number of nitrogens with zero attached hydrogens (tertiary/aromatic N) is 1. The number of ether oxygens (including phenoxy) is 1. The van der Waals surface area contributed by atoms with Gasteiger partial charge in [-0.15, -0.1) is 0 Å². The fourth-order valence-electron chi connectivity index (χ4n) is 2.78. The van der Waals surface area contributed by atoms with E-state index in [1.807, 2.05) is 31.3 Å². The summed E-state index contributed by atoms with van der Waals surface area (Å²) in [5.41, 5.74) is 1.11. The molecule has 20 heavy (non-hydrogen) atoms. The molecule has 1 amide bonds. The lowest BCUT2D eigenvalue weighted by molar-refractivity contribution is -0.128. The summed E-state index contributed by atoms with van der Waals surface area (Å²) in [6.45, 7) is 5.09. The van der Waals surface area contributed by atoms with E-state index in [2.05, 4.69) is 6.58 Å². The van der Waals surface area contributed by atoms with Crippen molar-refractivity contribution in [2.24, 2.45) is 5.92 Å². The highest BCUT2D eigenvalue weighted by atomic mass is 35.5. The Morgan fingerprint density at radius 2 is 2.00 bits per heavy atom. The molecule has 1 aromatic carbocycles. The standard InChI is InChI=1S/C16H20ClNO2/c1-3-15(19)18(2)16(13-8-10-20-11-9-13)12-4-6-14(17)7-5-12/h3-7,13,16H,1,8-11H2,2H3. The molecule has 1 heterocycles. The van der Waals surface area contributed by atoms with E-state index in [0.29, 0.717) is 10.9 Å². The molecule has 0 aliphatic carbocycles. The minimum Gasteiger partial charge on any atom is -0.381 e. The monoisotopic (exact) mass is 293 g/mol. The maximum absolute atomic E-state index is 12.0. The smallest absolute Gasteiger partial charge is 0.246 e. The molecule has 1 saturated heterocycles. The fraction of sp³-hybridized carbons (Fsp3) is 0.438. The van der Waals surface area contributed by atoms with Gasteiger partial charge in [-0.3, -0.25) is 4.79 Å². The minimum absolute atomic E-state index is 0.0432. The third kappa shape index (κ3) is 3.41. The number of halogens is 1. The van der Waals surface area contributed by atoms with Gasteiger partial charge in [0.05, 0.1) is 6.04 Å². The molecule has 1 fully saturated rings. The zero-order valence-electron chi connectivity index (χ0n) is 11.7. The molecule has 0 aromatic heterocycles. The van der Waals surface area contributed by atoms with Gasteiger partial charge in [0.2, 0.25) is 5.91 Å². The largest absolute Gasteiger partial charge is 0.381 e. The average molecular weight is 294 g/mol. The highest BCUT2D eigenvalue weighted by molar-refractivity contribution is 6.30. The molecule has 4 heteroatoms. The summed E-state index contributed by atoms with van der Waals surface area (Å²) in [6, 6.07) is 7.77. The van der Waals surface area contributed by atoms with Gasteiger partial charge in [0.25, 0.3) is 0 Å². The lowest BCUT2D eigenvalue weighted by Gasteiger charge is -2.36. The molecule has 3 nitrogen and oxygen atoms in total. The van der Waals surface area contributed by atoms with E-state index >= 15 is 0 Å². The van der Waals surface area contributed by atoms with E-state index in [-0.39, 0.29) is 11.9 Å². The van der Waals surface area contributed by atoms with Crippen LogP contribution in [0.4, 0.5) is 0 Å². The third-order valence-corrected chi connectivity index (χ3v) is 4.12. The normalized spacial score (nSPS) is 17.5. The van der Waals surface area contributed by atoms with Crippen LogP contribution in [0.5, 0.6) is 0 Å². The fourth-order valence-corrected chi connectivity index (χ4v) is 2.91. The predicted molar refractivity (Wildman–Crippen MR) is 80.7 cm³/mol. The lowest BCUT2D eigenvalue weighted by Crippen LogP contribution is -2.36. The molecular formula is C16H20ClNO2. The average Bonchev–Trinajstić information content (AvgIpc) is 2.49. The van der Waals surface area contributed by atoms with Crippen LogP contribution in [0.15, 0.2) is 36.9 Å². The zero-order chi connectivity index (χ0) is 14.5. The summed E-state index contributed by atoms with van der Waals surface area (Å²) in [5, 5.41) is 0.706. The van der Waals surface area contributed by atoms with Crippen LogP contribution in [-0.2, 0) is 9.53 Å². The van der Waals surface area contributed by atoms with Crippen molar-refractivity contribution < 1.29 is 9.53 Å². The Hall–Kier alpha value is -1.32. The Bertz CT molecular complexity index is 466. The number of carbonyl (C=O) groups excluding carboxylic acids is 1. The number of hydrogen-bond donors (Lipinski definition) is 0. The molecule has 1 unspecified atom stereocenters. The van der Waals surface area contributed by atoms with Gasteiger partial charge in [0, 0.05) is 25.3 Å². The number of amides is 1. The maximum atomic E-state index is 12.0. The Balaban J connectivity index is 2.29. The predicted octanol–water partition coefficient (Wildman–Crippen LogP) is 3.45. The molecule has 1 aliphatic heterocycles. The van der Waals surface area contributed by atoms with E-state index in [4.69, 9.17) is 16.3 Å². The first kappa shape index (κ1) is 15.1. The third-order valence-electron chi connectivity index (χ3n) is 3.86. The number of hydrogen-bond acceptors (Lipinski definition) is 2.